The topological polar surface area (TPSA) is 251 Å². The van der Waals surface area contributed by atoms with Crippen molar-refractivity contribution in [3.63, 3.8) is 0 Å². The van der Waals surface area contributed by atoms with E-state index in [2.05, 4.69) is 66.6 Å². The Morgan fingerprint density at radius 3 is 1.96 bits per heavy atom. The van der Waals surface area contributed by atoms with E-state index in [1.54, 1.807) is 39.2 Å². The Balaban J connectivity index is 1.42. The monoisotopic (exact) mass is 1010 g/mol. The van der Waals surface area contributed by atoms with Crippen LogP contribution < -0.4 is 47.9 Å². The molecular formula is C55H86N10O8. The van der Waals surface area contributed by atoms with Gasteiger partial charge in [0.05, 0.1) is 18.7 Å². The first kappa shape index (κ1) is 59.7. The molecule has 0 spiro atoms. The predicted molar refractivity (Wildman–Crippen MR) is 284 cm³/mol. The number of aryl methyl sites for hydroxylation is 1. The second kappa shape index (κ2) is 26.9. The maximum Gasteiger partial charge on any atom is 0.251 e. The van der Waals surface area contributed by atoms with E-state index >= 15 is 0 Å². The number of benzene rings is 2. The van der Waals surface area contributed by atoms with Gasteiger partial charge < -0.3 is 57.9 Å². The van der Waals surface area contributed by atoms with Crippen molar-refractivity contribution in [2.24, 2.45) is 16.7 Å². The number of aliphatic hydroxyl groups excluding tert-OH is 1. The summed E-state index contributed by atoms with van der Waals surface area (Å²) in [5.74, 6) is -2.56. The van der Waals surface area contributed by atoms with Gasteiger partial charge in [0, 0.05) is 48.0 Å². The van der Waals surface area contributed by atoms with Gasteiger partial charge in [-0.15, -0.1) is 0 Å². The van der Waals surface area contributed by atoms with E-state index in [1.807, 2.05) is 74.4 Å². The molecule has 0 aromatic heterocycles. The fourth-order valence-electron chi connectivity index (χ4n) is 8.96. The number of nitrogens with one attached hydrogen (secondary N) is 9. The Kier molecular flexibility index (Phi) is 22.0. The molecule has 1 saturated heterocycles. The third-order valence-corrected chi connectivity index (χ3v) is 14.1. The number of likely N-dealkylation sites (tertiary alicyclic amines) is 1. The second-order valence-corrected chi connectivity index (χ2v) is 22.4. The maximum absolute atomic E-state index is 14.6. The molecule has 1 unspecified atom stereocenters. The van der Waals surface area contributed by atoms with E-state index in [-0.39, 0.29) is 73.0 Å². The van der Waals surface area contributed by atoms with Crippen molar-refractivity contribution in [2.75, 3.05) is 33.8 Å². The summed E-state index contributed by atoms with van der Waals surface area (Å²) in [6, 6.07) is 8.93. The lowest BCUT2D eigenvalue weighted by Gasteiger charge is -2.36. The molecule has 2 aromatic carbocycles. The molecular weight excluding hydrogens is 929 g/mol. The molecule has 404 valence electrons. The van der Waals surface area contributed by atoms with Crippen LogP contribution in [-0.2, 0) is 36.8 Å². The van der Waals surface area contributed by atoms with E-state index in [0.717, 1.165) is 12.8 Å². The van der Waals surface area contributed by atoms with Crippen LogP contribution >= 0.6 is 0 Å². The molecule has 10 N–H and O–H groups in total. The Hall–Kier alpha value is -5.85. The number of likely N-dealkylation sites (N-methyl/N-ethyl adjacent to an activating group) is 2. The summed E-state index contributed by atoms with van der Waals surface area (Å²) in [5.41, 5.74) is 2.02. The summed E-state index contributed by atoms with van der Waals surface area (Å²) in [6.07, 6.45) is 3.61. The second-order valence-electron chi connectivity index (χ2n) is 22.4. The summed E-state index contributed by atoms with van der Waals surface area (Å²) < 4.78 is 0. The third kappa shape index (κ3) is 17.1. The molecule has 1 aliphatic carbocycles. The summed E-state index contributed by atoms with van der Waals surface area (Å²) in [7, 11) is 3.34. The number of nitrogens with zero attached hydrogens (tertiary/aromatic N) is 1. The predicted octanol–water partition coefficient (Wildman–Crippen LogP) is 2.84. The number of aliphatic hydroxyl groups is 1. The number of amides is 7. The van der Waals surface area contributed by atoms with Crippen molar-refractivity contribution in [3.05, 3.63) is 83.1 Å². The van der Waals surface area contributed by atoms with E-state index in [0.29, 0.717) is 31.4 Å². The van der Waals surface area contributed by atoms with Gasteiger partial charge in [0.2, 0.25) is 29.5 Å². The van der Waals surface area contributed by atoms with Crippen LogP contribution in [0, 0.1) is 16.7 Å². The van der Waals surface area contributed by atoms with Crippen LogP contribution in [0.25, 0.3) is 0 Å². The lowest BCUT2D eigenvalue weighted by molar-refractivity contribution is -0.144. The molecule has 73 heavy (non-hydrogen) atoms. The summed E-state index contributed by atoms with van der Waals surface area (Å²) in [5, 5.41) is 36.8. The molecule has 9 atom stereocenters. The number of fused-ring (bicyclic) bond motifs is 1. The maximum atomic E-state index is 14.6. The van der Waals surface area contributed by atoms with Crippen LogP contribution in [-0.4, -0.2) is 140 Å². The average Bonchev–Trinajstić information content (AvgIpc) is 3.77. The van der Waals surface area contributed by atoms with Crippen molar-refractivity contribution >= 4 is 41.4 Å². The first-order valence-corrected chi connectivity index (χ1v) is 26.0. The molecule has 0 bridgehead atoms. The van der Waals surface area contributed by atoms with Gasteiger partial charge in [-0.3, -0.25) is 33.6 Å². The van der Waals surface area contributed by atoms with Gasteiger partial charge in [0.15, 0.2) is 0 Å². The van der Waals surface area contributed by atoms with Gasteiger partial charge in [-0.25, -0.2) is 0 Å². The quantitative estimate of drug-likeness (QED) is 0.0685. The highest BCUT2D eigenvalue weighted by Gasteiger charge is 2.46. The van der Waals surface area contributed by atoms with Crippen LogP contribution in [0.3, 0.4) is 0 Å². The van der Waals surface area contributed by atoms with Gasteiger partial charge in [-0.1, -0.05) is 92.3 Å². The Labute approximate surface area is 433 Å². The van der Waals surface area contributed by atoms with Crippen LogP contribution in [0.1, 0.15) is 133 Å². The molecule has 0 saturated carbocycles. The zero-order valence-corrected chi connectivity index (χ0v) is 45.4. The van der Waals surface area contributed by atoms with Crippen LogP contribution in [0.5, 0.6) is 0 Å². The lowest BCUT2D eigenvalue weighted by atomic mass is 9.85. The van der Waals surface area contributed by atoms with Gasteiger partial charge in [0.25, 0.3) is 11.8 Å². The van der Waals surface area contributed by atoms with E-state index in [9.17, 15) is 38.7 Å². The van der Waals surface area contributed by atoms with Crippen LogP contribution in [0.15, 0.2) is 60.8 Å². The summed E-state index contributed by atoms with van der Waals surface area (Å²) in [6.45, 7) is 22.9. The molecule has 2 aromatic rings. The van der Waals surface area contributed by atoms with Crippen molar-refractivity contribution < 1.29 is 38.7 Å². The van der Waals surface area contributed by atoms with E-state index in [1.165, 1.54) is 22.1 Å². The zero-order valence-electron chi connectivity index (χ0n) is 45.4. The number of carbonyl (C=O) groups is 7. The summed E-state index contributed by atoms with van der Waals surface area (Å²) in [4.78, 5) is 98.3. The van der Waals surface area contributed by atoms with Crippen molar-refractivity contribution in [1.29, 1.82) is 0 Å². The Morgan fingerprint density at radius 1 is 0.712 bits per heavy atom. The minimum absolute atomic E-state index is 0.0227. The molecule has 1 aliphatic heterocycles. The standard InChI is InChI=1S/C55H86N10O8/c1-32(2)33(3)60-50(70)42(63-52(72)45(54(6,7)8)59-34(4)43(31-66)57-13)23-16-17-26-58-48(68)38-21-18-22-39(27-38)49(69)62-41-29-44(51(71)61-40-25-24-36-19-14-15-20-37(36)28-40)65(30-41)53(73)46(55(9,10)11)64-47(67)35(5)56-12/h14-15,18-22,27,32-33,35,40-46,56-57,59,66H,4,16-17,23-26,28-31H2,1-3,5-13H3,(H,58,68)(H,60,70)(H,61,71)(H,62,69)(H,63,72)(H,64,67)/t33-,35-,40+,41-,42-,43-,44?,45+,46+/m0/s1. The molecule has 18 heteroatoms. The molecule has 2 aliphatic rings. The zero-order chi connectivity index (χ0) is 54.4. The third-order valence-electron chi connectivity index (χ3n) is 14.1. The van der Waals surface area contributed by atoms with E-state index < -0.39 is 76.8 Å². The highest BCUT2D eigenvalue weighted by molar-refractivity contribution is 6.00. The molecule has 7 amide bonds. The molecule has 1 heterocycles. The highest BCUT2D eigenvalue weighted by Crippen LogP contribution is 2.28. The van der Waals surface area contributed by atoms with Crippen molar-refractivity contribution in [2.45, 2.75) is 169 Å². The Morgan fingerprint density at radius 2 is 1.36 bits per heavy atom. The van der Waals surface area contributed by atoms with Crippen LogP contribution in [0.4, 0.5) is 0 Å². The first-order chi connectivity index (χ1) is 34.3. The number of carbonyl (C=O) groups excluding carboxylic acids is 7. The average molecular weight is 1020 g/mol. The molecule has 18 nitrogen and oxygen atoms in total. The molecule has 0 radical (unpaired) electrons. The van der Waals surface area contributed by atoms with Gasteiger partial charge in [-0.2, -0.15) is 0 Å². The normalized spacial score (nSPS) is 19.2. The molecule has 4 rings (SSSR count). The Bertz CT molecular complexity index is 2250. The molecule has 1 fully saturated rings. The van der Waals surface area contributed by atoms with Gasteiger partial charge in [-0.05, 0) is 119 Å². The smallest absolute Gasteiger partial charge is 0.251 e. The highest BCUT2D eigenvalue weighted by atomic mass is 16.3. The largest absolute Gasteiger partial charge is 0.394 e. The summed E-state index contributed by atoms with van der Waals surface area (Å²) >= 11 is 0. The SMILES string of the molecule is C=C(N[C@H](C(=O)N[C@@H](CCCCNC(=O)c1cccc(C(=O)N[C@H]2CC(C(=O)N[C@@H]3CCc4ccccc4C3)N(C(=O)[C@@H](NC(=O)[C@H](C)NC)C(C)(C)C)C2)c1)C(=O)N[C@@H](C)C(C)C)C(C)(C)C)[C@H](CO)NC. The fourth-order valence-corrected chi connectivity index (χ4v) is 8.96. The number of hydrogen-bond donors (Lipinski definition) is 10. The number of unbranched alkanes of at least 4 members (excludes halogenated alkanes) is 1. The first-order valence-electron chi connectivity index (χ1n) is 26.0. The minimum atomic E-state index is -0.970. The number of rotatable bonds is 24. The van der Waals surface area contributed by atoms with Gasteiger partial charge >= 0.3 is 0 Å². The van der Waals surface area contributed by atoms with Crippen molar-refractivity contribution in [3.8, 4) is 0 Å². The fraction of sp³-hybridized carbons (Fsp3) is 0.618. The van der Waals surface area contributed by atoms with Gasteiger partial charge in [0.1, 0.15) is 24.2 Å². The van der Waals surface area contributed by atoms with E-state index in [4.69, 9.17) is 0 Å². The number of hydrogen-bond acceptors (Lipinski definition) is 11. The lowest BCUT2D eigenvalue weighted by Crippen LogP contribution is -2.60. The van der Waals surface area contributed by atoms with Crippen LogP contribution in [0.2, 0.25) is 0 Å². The van der Waals surface area contributed by atoms with Crippen molar-refractivity contribution in [1.82, 2.24) is 52.8 Å². The minimum Gasteiger partial charge on any atom is -0.394 e.